The van der Waals surface area contributed by atoms with Crippen molar-refractivity contribution in [2.24, 2.45) is 0 Å². The highest BCUT2D eigenvalue weighted by atomic mass is 35.5. The molecule has 1 atom stereocenters. The summed E-state index contributed by atoms with van der Waals surface area (Å²) in [5.41, 5.74) is 0. The van der Waals surface area contributed by atoms with Crippen molar-refractivity contribution in [2.75, 3.05) is 20.7 Å². The minimum atomic E-state index is 0. The molecule has 0 aliphatic carbocycles. The van der Waals surface area contributed by atoms with E-state index in [1.165, 1.54) is 38.5 Å². The predicted octanol–water partition coefficient (Wildman–Crippen LogP) is -1.82. The van der Waals surface area contributed by atoms with E-state index < -0.39 is 0 Å². The largest absolute Gasteiger partial charge is 1.00 e. The molecule has 0 bridgehead atoms. The van der Waals surface area contributed by atoms with Gasteiger partial charge in [0.25, 0.3) is 0 Å². The number of halogens is 1. The van der Waals surface area contributed by atoms with Gasteiger partial charge in [-0.2, -0.15) is 0 Å². The maximum absolute atomic E-state index is 11.3. The Hall–Kier alpha value is -0.120. The number of ether oxygens (including phenoxy) is 1. The zero-order chi connectivity index (χ0) is 11.8. The molecule has 1 aliphatic rings. The first-order valence-corrected chi connectivity index (χ1v) is 6.65. The monoisotopic (exact) mass is 263 g/mol. The molecule has 1 fully saturated rings. The fourth-order valence-corrected chi connectivity index (χ4v) is 1.85. The first kappa shape index (κ1) is 16.9. The van der Waals surface area contributed by atoms with E-state index in [0.717, 1.165) is 24.3 Å². The highest BCUT2D eigenvalue weighted by Crippen LogP contribution is 2.18. The Kier molecular flexibility index (Phi) is 9.79. The van der Waals surface area contributed by atoms with Crippen LogP contribution in [0.1, 0.15) is 51.4 Å². The topological polar surface area (TPSA) is 34.0 Å². The van der Waals surface area contributed by atoms with Gasteiger partial charge in [0, 0.05) is 0 Å². The molecular weight excluding hydrogens is 238 g/mol. The summed E-state index contributed by atoms with van der Waals surface area (Å²) >= 11 is 0. The lowest BCUT2D eigenvalue weighted by Crippen LogP contribution is -3.08. The van der Waals surface area contributed by atoms with Gasteiger partial charge in [-0.25, -0.2) is 4.79 Å². The number of epoxide rings is 1. The minimum Gasteiger partial charge on any atom is -1.00 e. The molecule has 0 aromatic rings. The van der Waals surface area contributed by atoms with Crippen LogP contribution in [0, 0.1) is 0 Å². The Balaban J connectivity index is 0.00000256. The third-order valence-electron chi connectivity index (χ3n) is 3.14. The summed E-state index contributed by atoms with van der Waals surface area (Å²) in [4.78, 5) is 12.3. The summed E-state index contributed by atoms with van der Waals surface area (Å²) in [7, 11) is 3.81. The van der Waals surface area contributed by atoms with Crippen LogP contribution < -0.4 is 17.3 Å². The number of amides is 1. The Bertz CT molecular complexity index is 206. The normalized spacial score (nSPS) is 17.9. The van der Waals surface area contributed by atoms with Crippen molar-refractivity contribution < 1.29 is 26.8 Å². The number of hydrogen-bond acceptors (Lipinski definition) is 2. The number of unbranched alkanes of at least 4 members (excludes halogenated alkanes) is 5. The SMILES string of the molecule is C[NH+](C)C(=O)CCCCCCCCC1CO1.[Cl-]. The third-order valence-corrected chi connectivity index (χ3v) is 3.14. The third kappa shape index (κ3) is 9.57. The minimum absolute atomic E-state index is 0. The second-order valence-electron chi connectivity index (χ2n) is 5.04. The van der Waals surface area contributed by atoms with Crippen molar-refractivity contribution in [3.05, 3.63) is 0 Å². The Morgan fingerprint density at radius 3 is 2.18 bits per heavy atom. The molecule has 1 aliphatic heterocycles. The van der Waals surface area contributed by atoms with Gasteiger partial charge in [0.05, 0.1) is 33.2 Å². The first-order chi connectivity index (χ1) is 7.70. The maximum Gasteiger partial charge on any atom is 0.311 e. The fourth-order valence-electron chi connectivity index (χ4n) is 1.85. The van der Waals surface area contributed by atoms with Crippen molar-refractivity contribution >= 4 is 5.91 Å². The van der Waals surface area contributed by atoms with Gasteiger partial charge in [-0.1, -0.05) is 32.1 Å². The molecule has 0 radical (unpaired) electrons. The van der Waals surface area contributed by atoms with E-state index in [-0.39, 0.29) is 12.4 Å². The molecule has 0 spiro atoms. The van der Waals surface area contributed by atoms with E-state index >= 15 is 0 Å². The second-order valence-corrected chi connectivity index (χ2v) is 5.04. The van der Waals surface area contributed by atoms with Crippen LogP contribution in [0.4, 0.5) is 0 Å². The number of quaternary nitrogens is 1. The summed E-state index contributed by atoms with van der Waals surface area (Å²) in [5.74, 6) is 0.339. The summed E-state index contributed by atoms with van der Waals surface area (Å²) in [6.45, 7) is 0.995. The lowest BCUT2D eigenvalue weighted by molar-refractivity contribution is -0.775. The molecule has 0 aromatic heterocycles. The second kappa shape index (κ2) is 9.86. The maximum atomic E-state index is 11.3. The average molecular weight is 264 g/mol. The highest BCUT2D eigenvalue weighted by molar-refractivity contribution is 5.66. The fraction of sp³-hybridized carbons (Fsp3) is 0.923. The smallest absolute Gasteiger partial charge is 0.311 e. The lowest BCUT2D eigenvalue weighted by Gasteiger charge is -2.04. The van der Waals surface area contributed by atoms with Gasteiger partial charge in [-0.05, 0) is 12.8 Å². The van der Waals surface area contributed by atoms with E-state index in [4.69, 9.17) is 4.74 Å². The molecule has 1 amide bonds. The Morgan fingerprint density at radius 1 is 1.12 bits per heavy atom. The van der Waals surface area contributed by atoms with Crippen LogP contribution in [0.5, 0.6) is 0 Å². The van der Waals surface area contributed by atoms with Crippen LogP contribution in [0.25, 0.3) is 0 Å². The molecule has 1 heterocycles. The predicted molar refractivity (Wildman–Crippen MR) is 64.5 cm³/mol. The van der Waals surface area contributed by atoms with Gasteiger partial charge in [-0.3, -0.25) is 4.90 Å². The molecule has 0 saturated carbocycles. The summed E-state index contributed by atoms with van der Waals surface area (Å²) in [6, 6.07) is 0. The molecular formula is C13H26ClNO2. The van der Waals surface area contributed by atoms with E-state index in [0.29, 0.717) is 12.0 Å². The van der Waals surface area contributed by atoms with Crippen LogP contribution in [0.2, 0.25) is 0 Å². The molecule has 3 nitrogen and oxygen atoms in total. The summed E-state index contributed by atoms with van der Waals surface area (Å²) < 4.78 is 5.16. The molecule has 4 heteroatoms. The zero-order valence-electron chi connectivity index (χ0n) is 11.1. The van der Waals surface area contributed by atoms with Gasteiger partial charge < -0.3 is 17.1 Å². The van der Waals surface area contributed by atoms with Crippen LogP contribution in [-0.2, 0) is 9.53 Å². The molecule has 102 valence electrons. The van der Waals surface area contributed by atoms with Gasteiger partial charge in [0.1, 0.15) is 0 Å². The van der Waals surface area contributed by atoms with E-state index in [9.17, 15) is 4.79 Å². The van der Waals surface area contributed by atoms with Crippen molar-refractivity contribution in [3.63, 3.8) is 0 Å². The molecule has 0 aromatic carbocycles. The number of carbonyl (C=O) groups is 1. The van der Waals surface area contributed by atoms with E-state index in [1.54, 1.807) is 0 Å². The molecule has 1 rings (SSSR count). The van der Waals surface area contributed by atoms with Crippen molar-refractivity contribution in [1.29, 1.82) is 0 Å². The average Bonchev–Trinajstić information content (AvgIpc) is 3.05. The van der Waals surface area contributed by atoms with Gasteiger partial charge in [0.2, 0.25) is 0 Å². The molecule has 17 heavy (non-hydrogen) atoms. The van der Waals surface area contributed by atoms with Crippen LogP contribution in [-0.4, -0.2) is 32.7 Å². The molecule has 1 saturated heterocycles. The summed E-state index contributed by atoms with van der Waals surface area (Å²) in [6.07, 6.45) is 10.1. The van der Waals surface area contributed by atoms with Crippen molar-refractivity contribution in [2.45, 2.75) is 57.5 Å². The van der Waals surface area contributed by atoms with E-state index in [2.05, 4.69) is 0 Å². The van der Waals surface area contributed by atoms with Crippen LogP contribution >= 0.6 is 0 Å². The van der Waals surface area contributed by atoms with Crippen molar-refractivity contribution in [3.8, 4) is 0 Å². The Labute approximate surface area is 111 Å². The lowest BCUT2D eigenvalue weighted by atomic mass is 10.1. The first-order valence-electron chi connectivity index (χ1n) is 6.65. The molecule has 1 N–H and O–H groups in total. The number of rotatable bonds is 9. The Morgan fingerprint density at radius 2 is 1.65 bits per heavy atom. The number of nitrogens with one attached hydrogen (secondary N) is 1. The number of carbonyl (C=O) groups excluding carboxylic acids is 1. The van der Waals surface area contributed by atoms with Crippen LogP contribution in [0.3, 0.4) is 0 Å². The van der Waals surface area contributed by atoms with Crippen LogP contribution in [0.15, 0.2) is 0 Å². The van der Waals surface area contributed by atoms with Gasteiger partial charge >= 0.3 is 5.91 Å². The standard InChI is InChI=1S/C13H25NO2.ClH/c1-14(2)13(15)10-8-6-4-3-5-7-9-12-11-16-12;/h12H,3-11H2,1-2H3;1H. The van der Waals surface area contributed by atoms with E-state index in [1.807, 2.05) is 14.1 Å². The van der Waals surface area contributed by atoms with Crippen molar-refractivity contribution in [1.82, 2.24) is 0 Å². The zero-order valence-corrected chi connectivity index (χ0v) is 11.9. The van der Waals surface area contributed by atoms with Gasteiger partial charge in [-0.15, -0.1) is 0 Å². The number of hydrogen-bond donors (Lipinski definition) is 1. The van der Waals surface area contributed by atoms with Gasteiger partial charge in [0.15, 0.2) is 0 Å². The quantitative estimate of drug-likeness (QED) is 0.393. The summed E-state index contributed by atoms with van der Waals surface area (Å²) in [5, 5.41) is 0. The highest BCUT2D eigenvalue weighted by Gasteiger charge is 2.20. The molecule has 1 unspecified atom stereocenters.